The van der Waals surface area contributed by atoms with Crippen molar-refractivity contribution in [2.45, 2.75) is 0 Å². The van der Waals surface area contributed by atoms with E-state index in [4.69, 9.17) is 0 Å². The predicted molar refractivity (Wildman–Crippen MR) is 79.3 cm³/mol. The van der Waals surface area contributed by atoms with Crippen molar-refractivity contribution in [1.82, 2.24) is 0 Å². The molecule has 0 saturated heterocycles. The molecule has 1 N–H and O–H groups in total. The third-order valence-electron chi connectivity index (χ3n) is 3.21. The summed E-state index contributed by atoms with van der Waals surface area (Å²) in [6, 6.07) is 18.6. The number of phenolic OH excluding ortho intramolecular Hbond substituents is 1. The summed E-state index contributed by atoms with van der Waals surface area (Å²) in [7, 11) is -3.04. The molecule has 0 bridgehead atoms. The fraction of sp³-hybridized carbons (Fsp3) is 0. The van der Waals surface area contributed by atoms with Crippen molar-refractivity contribution in [3.63, 3.8) is 0 Å². The van der Waals surface area contributed by atoms with Gasteiger partial charge in [-0.1, -0.05) is 42.5 Å². The zero-order valence-electron chi connectivity index (χ0n) is 10.9. The van der Waals surface area contributed by atoms with Crippen LogP contribution in [0.2, 0.25) is 0 Å². The maximum atomic E-state index is 10.5. The number of fused-ring (bicyclic) bond motifs is 1. The van der Waals surface area contributed by atoms with Crippen molar-refractivity contribution in [1.29, 1.82) is 0 Å². The van der Waals surface area contributed by atoms with Crippen LogP contribution in [0.25, 0.3) is 21.9 Å². The first-order chi connectivity index (χ1) is 10.1. The Labute approximate surface area is 122 Å². The van der Waals surface area contributed by atoms with E-state index in [1.165, 1.54) is 12.1 Å². The van der Waals surface area contributed by atoms with Gasteiger partial charge in [0, 0.05) is 0 Å². The molecule has 3 aromatic carbocycles. The lowest BCUT2D eigenvalue weighted by Gasteiger charge is -2.06. The molecular weight excluding hydrogens is 287 g/mol. The Kier molecular flexibility index (Phi) is 3.57. The Morgan fingerprint density at radius 3 is 2.29 bits per heavy atom. The van der Waals surface area contributed by atoms with E-state index in [2.05, 4.69) is 4.52 Å². The second-order valence-electron chi connectivity index (χ2n) is 4.56. The quantitative estimate of drug-likeness (QED) is 0.750. The predicted octanol–water partition coefficient (Wildman–Crippen LogP) is 3.61. The number of phenols is 1. The molecule has 4 nitrogen and oxygen atoms in total. The Bertz CT molecular complexity index is 829. The van der Waals surface area contributed by atoms with Crippen LogP contribution in [0.3, 0.4) is 0 Å². The van der Waals surface area contributed by atoms with Crippen LogP contribution in [0.4, 0.5) is 0 Å². The highest BCUT2D eigenvalue weighted by Gasteiger charge is 2.12. The van der Waals surface area contributed by atoms with E-state index < -0.39 is 8.25 Å². The second-order valence-corrected chi connectivity index (χ2v) is 5.19. The molecular formula is C16H11O4P. The zero-order chi connectivity index (χ0) is 14.8. The van der Waals surface area contributed by atoms with Crippen LogP contribution in [0.5, 0.6) is 11.5 Å². The number of aromatic hydroxyl groups is 1. The van der Waals surface area contributed by atoms with Gasteiger partial charge in [-0.25, -0.2) is 0 Å². The van der Waals surface area contributed by atoms with Crippen LogP contribution >= 0.6 is 8.25 Å². The first-order valence-electron chi connectivity index (χ1n) is 6.28. The van der Waals surface area contributed by atoms with Crippen LogP contribution in [-0.2, 0) is 4.57 Å². The summed E-state index contributed by atoms with van der Waals surface area (Å²) in [5.41, 5.74) is 1.72. The van der Waals surface area contributed by atoms with Crippen LogP contribution in [0, 0.1) is 0 Å². The highest BCUT2D eigenvalue weighted by molar-refractivity contribution is 7.31. The first kappa shape index (κ1) is 13.6. The maximum absolute atomic E-state index is 10.5. The van der Waals surface area contributed by atoms with Gasteiger partial charge in [0.2, 0.25) is 5.75 Å². The Morgan fingerprint density at radius 2 is 1.57 bits per heavy atom. The molecule has 3 rings (SSSR count). The van der Waals surface area contributed by atoms with Crippen molar-refractivity contribution >= 4 is 19.0 Å². The van der Waals surface area contributed by atoms with Crippen LogP contribution < -0.4 is 9.42 Å². The molecule has 0 saturated carbocycles. The zero-order valence-corrected chi connectivity index (χ0v) is 11.8. The monoisotopic (exact) mass is 298 g/mol. The fourth-order valence-electron chi connectivity index (χ4n) is 2.22. The van der Waals surface area contributed by atoms with Gasteiger partial charge >= 0.3 is 8.25 Å². The molecule has 0 heterocycles. The minimum atomic E-state index is -3.04. The van der Waals surface area contributed by atoms with Crippen molar-refractivity contribution in [2.24, 2.45) is 0 Å². The second kappa shape index (κ2) is 5.52. The number of hydrogen-bond acceptors (Lipinski definition) is 4. The van der Waals surface area contributed by atoms with Gasteiger partial charge in [0.25, 0.3) is 0 Å². The topological polar surface area (TPSA) is 69.6 Å². The van der Waals surface area contributed by atoms with Gasteiger partial charge in [0.15, 0.2) is 5.75 Å². The van der Waals surface area contributed by atoms with Gasteiger partial charge in [0.1, 0.15) is 0 Å². The van der Waals surface area contributed by atoms with Crippen molar-refractivity contribution in [2.75, 3.05) is 0 Å². The van der Waals surface area contributed by atoms with Gasteiger partial charge < -0.3 is 10.00 Å². The third kappa shape index (κ3) is 2.87. The largest absolute Gasteiger partial charge is 0.558 e. The molecule has 0 radical (unpaired) electrons. The van der Waals surface area contributed by atoms with E-state index in [0.717, 1.165) is 21.9 Å². The smallest absolute Gasteiger partial charge is 0.539 e. The maximum Gasteiger partial charge on any atom is 0.539 e. The average molecular weight is 298 g/mol. The summed E-state index contributed by atoms with van der Waals surface area (Å²) >= 11 is 0. The van der Waals surface area contributed by atoms with E-state index in [0.29, 0.717) is 0 Å². The van der Waals surface area contributed by atoms with E-state index in [9.17, 15) is 14.6 Å². The molecule has 0 spiro atoms. The molecule has 0 fully saturated rings. The lowest BCUT2D eigenvalue weighted by atomic mass is 10.0. The summed E-state index contributed by atoms with van der Waals surface area (Å²) in [5, 5.41) is 12.1. The standard InChI is InChI=1S/C16H11O4P/c17-15-10-14(7-8-16(15)20-21(18)19)13-6-5-11-3-1-2-4-12(11)9-13/h1-10,17H. The number of benzene rings is 3. The molecule has 0 aliphatic rings. The minimum absolute atomic E-state index is 0.0735. The Hall–Kier alpha value is -2.42. The summed E-state index contributed by atoms with van der Waals surface area (Å²) < 4.78 is 15.0. The van der Waals surface area contributed by atoms with Crippen molar-refractivity contribution in [3.8, 4) is 22.6 Å². The Balaban J connectivity index is 2.02. The molecule has 0 aliphatic carbocycles. The van der Waals surface area contributed by atoms with E-state index in [1.807, 2.05) is 42.5 Å². The Morgan fingerprint density at radius 1 is 0.905 bits per heavy atom. The van der Waals surface area contributed by atoms with Gasteiger partial charge in [-0.2, -0.15) is 0 Å². The van der Waals surface area contributed by atoms with Gasteiger partial charge in [-0.3, -0.25) is 4.52 Å². The third-order valence-corrected chi connectivity index (χ3v) is 3.56. The van der Waals surface area contributed by atoms with Crippen molar-refractivity contribution < 1.29 is 19.1 Å². The lowest BCUT2D eigenvalue weighted by Crippen LogP contribution is -1.93. The van der Waals surface area contributed by atoms with Crippen LogP contribution in [0.15, 0.2) is 60.7 Å². The van der Waals surface area contributed by atoms with Crippen molar-refractivity contribution in [3.05, 3.63) is 60.7 Å². The van der Waals surface area contributed by atoms with Gasteiger partial charge in [0.05, 0.1) is 0 Å². The molecule has 5 heteroatoms. The molecule has 0 aromatic heterocycles. The van der Waals surface area contributed by atoms with E-state index in [1.54, 1.807) is 6.07 Å². The molecule has 104 valence electrons. The summed E-state index contributed by atoms with van der Waals surface area (Å²) in [5.74, 6) is -0.282. The van der Waals surface area contributed by atoms with E-state index >= 15 is 0 Å². The minimum Gasteiger partial charge on any atom is -0.558 e. The molecule has 1 atom stereocenters. The fourth-order valence-corrected chi connectivity index (χ4v) is 2.54. The SMILES string of the molecule is O=[P+]([O-])Oc1ccc(-c2ccc3ccccc3c2)cc1O. The van der Waals surface area contributed by atoms with Gasteiger partial charge in [-0.05, 0) is 44.7 Å². The molecule has 3 aromatic rings. The first-order valence-corrected chi connectivity index (χ1v) is 7.37. The summed E-state index contributed by atoms with van der Waals surface area (Å²) in [6.45, 7) is 0. The molecule has 0 aliphatic heterocycles. The number of hydrogen-bond donors (Lipinski definition) is 1. The normalized spacial score (nSPS) is 11.4. The lowest BCUT2D eigenvalue weighted by molar-refractivity contribution is -0.178. The summed E-state index contributed by atoms with van der Waals surface area (Å²) in [4.78, 5) is 10.5. The highest BCUT2D eigenvalue weighted by atomic mass is 31.1. The molecule has 0 amide bonds. The molecule has 21 heavy (non-hydrogen) atoms. The average Bonchev–Trinajstić information content (AvgIpc) is 2.48. The number of rotatable bonds is 3. The van der Waals surface area contributed by atoms with E-state index in [-0.39, 0.29) is 11.5 Å². The molecule has 1 unspecified atom stereocenters. The summed E-state index contributed by atoms with van der Waals surface area (Å²) in [6.07, 6.45) is 0. The van der Waals surface area contributed by atoms with Crippen LogP contribution in [0.1, 0.15) is 0 Å². The van der Waals surface area contributed by atoms with Gasteiger partial charge in [-0.15, -0.1) is 0 Å². The highest BCUT2D eigenvalue weighted by Crippen LogP contribution is 2.35. The van der Waals surface area contributed by atoms with Crippen LogP contribution in [-0.4, -0.2) is 5.11 Å².